The number of nitrogens with zero attached hydrogens (tertiary/aromatic N) is 2. The molecule has 0 atom stereocenters. The molecule has 0 fully saturated rings. The van der Waals surface area contributed by atoms with Crippen molar-refractivity contribution in [3.63, 3.8) is 0 Å². The summed E-state index contributed by atoms with van der Waals surface area (Å²) >= 11 is 0. The van der Waals surface area contributed by atoms with Gasteiger partial charge in [-0.1, -0.05) is 166 Å². The quantitative estimate of drug-likeness (QED) is 0.176. The van der Waals surface area contributed by atoms with Crippen molar-refractivity contribution < 1.29 is 9.47 Å². The Kier molecular flexibility index (Phi) is 7.46. The van der Waals surface area contributed by atoms with Gasteiger partial charge < -0.3 is 14.4 Å². The van der Waals surface area contributed by atoms with Crippen LogP contribution in [0.1, 0.15) is 47.2 Å². The van der Waals surface area contributed by atoms with Crippen molar-refractivity contribution in [2.45, 2.75) is 24.7 Å². The van der Waals surface area contributed by atoms with Crippen LogP contribution in [-0.2, 0) is 10.8 Å². The number of anilines is 6. The summed E-state index contributed by atoms with van der Waals surface area (Å²) in [5, 5.41) is 0. The molecule has 0 aromatic heterocycles. The van der Waals surface area contributed by atoms with Crippen LogP contribution in [-0.4, -0.2) is 0 Å². The number of hydrogen-bond donors (Lipinski definition) is 0. The number of fused-ring (bicyclic) bond motifs is 17. The molecule has 4 heteroatoms. The Bertz CT molecular complexity index is 3730. The Morgan fingerprint density at radius 1 is 0.368 bits per heavy atom. The fraction of sp³-hybridized carbons (Fsp3) is 0.0625. The first-order valence-corrected chi connectivity index (χ1v) is 23.6. The fourth-order valence-electron chi connectivity index (χ4n) is 12.6. The van der Waals surface area contributed by atoms with Gasteiger partial charge in [-0.3, -0.25) is 4.90 Å². The van der Waals surface area contributed by atoms with Crippen molar-refractivity contribution in [1.82, 2.24) is 0 Å². The Balaban J connectivity index is 0.921. The third kappa shape index (κ3) is 4.83. The van der Waals surface area contributed by atoms with E-state index < -0.39 is 5.41 Å². The maximum absolute atomic E-state index is 6.55. The predicted molar refractivity (Wildman–Crippen MR) is 275 cm³/mol. The van der Waals surface area contributed by atoms with Crippen molar-refractivity contribution in [1.29, 1.82) is 0 Å². The Morgan fingerprint density at radius 3 is 1.57 bits per heavy atom. The molecule has 0 saturated heterocycles. The molecule has 0 radical (unpaired) electrons. The van der Waals surface area contributed by atoms with Gasteiger partial charge in [0.05, 0.1) is 22.5 Å². The lowest BCUT2D eigenvalue weighted by Gasteiger charge is -2.37. The molecule has 2 heterocycles. The fourth-order valence-corrected chi connectivity index (χ4v) is 12.6. The molecule has 0 unspecified atom stereocenters. The van der Waals surface area contributed by atoms with Gasteiger partial charge in [0.25, 0.3) is 0 Å². The summed E-state index contributed by atoms with van der Waals surface area (Å²) < 4.78 is 12.9. The van der Waals surface area contributed by atoms with Crippen molar-refractivity contribution in [2.75, 3.05) is 9.80 Å². The summed E-state index contributed by atoms with van der Waals surface area (Å²) in [7, 11) is 0. The monoisotopic (exact) mass is 870 g/mol. The van der Waals surface area contributed by atoms with E-state index >= 15 is 0 Å². The van der Waals surface area contributed by atoms with E-state index in [4.69, 9.17) is 9.47 Å². The molecule has 3 aliphatic carbocycles. The summed E-state index contributed by atoms with van der Waals surface area (Å²) in [4.78, 5) is 4.80. The van der Waals surface area contributed by atoms with Crippen LogP contribution >= 0.6 is 0 Å². The number of para-hydroxylation sites is 3. The lowest BCUT2D eigenvalue weighted by molar-refractivity contribution is 0.446. The number of rotatable bonds is 4. The normalized spacial score (nSPS) is 14.8. The third-order valence-electron chi connectivity index (χ3n) is 15.5. The number of benzene rings is 10. The van der Waals surface area contributed by atoms with Crippen molar-refractivity contribution in [3.05, 3.63) is 252 Å². The van der Waals surface area contributed by atoms with Crippen LogP contribution in [0.25, 0.3) is 44.5 Å². The van der Waals surface area contributed by atoms with E-state index in [1.807, 2.05) is 30.3 Å². The van der Waals surface area contributed by atoms with E-state index in [1.54, 1.807) is 0 Å². The van der Waals surface area contributed by atoms with E-state index in [9.17, 15) is 0 Å². The largest absolute Gasteiger partial charge is 0.453 e. The van der Waals surface area contributed by atoms with Gasteiger partial charge in [0.15, 0.2) is 23.0 Å². The Hall–Kier alpha value is -8.60. The van der Waals surface area contributed by atoms with Gasteiger partial charge in [-0.2, -0.15) is 0 Å². The molecule has 15 rings (SSSR count). The lowest BCUT2D eigenvalue weighted by Crippen LogP contribution is -2.26. The zero-order valence-corrected chi connectivity index (χ0v) is 37.5. The molecule has 0 bridgehead atoms. The highest BCUT2D eigenvalue weighted by Gasteiger charge is 2.52. The average molecular weight is 871 g/mol. The first-order chi connectivity index (χ1) is 33.5. The van der Waals surface area contributed by atoms with E-state index in [0.717, 1.165) is 68.2 Å². The minimum atomic E-state index is -0.462. The van der Waals surface area contributed by atoms with E-state index in [-0.39, 0.29) is 5.41 Å². The average Bonchev–Trinajstić information content (AvgIpc) is 3.95. The third-order valence-corrected chi connectivity index (χ3v) is 15.5. The second-order valence-corrected chi connectivity index (χ2v) is 19.2. The molecule has 5 aliphatic rings. The second kappa shape index (κ2) is 13.5. The van der Waals surface area contributed by atoms with Crippen LogP contribution in [0.5, 0.6) is 23.0 Å². The molecule has 68 heavy (non-hydrogen) atoms. The van der Waals surface area contributed by atoms with E-state index in [0.29, 0.717) is 0 Å². The molecule has 4 nitrogen and oxygen atoms in total. The molecular formula is C64H42N2O2. The minimum Gasteiger partial charge on any atom is -0.453 e. The molecular weight excluding hydrogens is 829 g/mol. The molecule has 0 N–H and O–H groups in total. The molecule has 320 valence electrons. The van der Waals surface area contributed by atoms with Gasteiger partial charge in [0.1, 0.15) is 5.69 Å². The van der Waals surface area contributed by atoms with Crippen molar-refractivity contribution >= 4 is 34.1 Å². The SMILES string of the molecule is CC1(C)c2ccccc2-c2c(N(c3ccc(-c4ccc5c(c4)N4c6ccccc6Oc6cccc(c64)O5)cc3)c3ccc4c(c3)C3(c5ccccc5-c5ccccc53)c3ccccc3-4)cccc21. The van der Waals surface area contributed by atoms with Gasteiger partial charge in [0, 0.05) is 22.4 Å². The van der Waals surface area contributed by atoms with Crippen LogP contribution in [0.4, 0.5) is 34.1 Å². The topological polar surface area (TPSA) is 24.9 Å². The molecule has 10 aromatic carbocycles. The first-order valence-electron chi connectivity index (χ1n) is 23.6. The van der Waals surface area contributed by atoms with E-state index in [1.165, 1.54) is 66.8 Å². The maximum atomic E-state index is 6.55. The highest BCUT2D eigenvalue weighted by molar-refractivity contribution is 6.00. The molecule has 1 spiro atoms. The number of hydrogen-bond acceptors (Lipinski definition) is 4. The number of ether oxygens (including phenoxy) is 2. The van der Waals surface area contributed by atoms with Gasteiger partial charge in [-0.05, 0) is 139 Å². The predicted octanol–water partition coefficient (Wildman–Crippen LogP) is 17.2. The smallest absolute Gasteiger partial charge is 0.155 e. The van der Waals surface area contributed by atoms with Crippen LogP contribution in [0, 0.1) is 0 Å². The molecule has 2 aliphatic heterocycles. The summed E-state index contributed by atoms with van der Waals surface area (Å²) in [6, 6.07) is 80.2. The van der Waals surface area contributed by atoms with E-state index in [2.05, 4.69) is 212 Å². The maximum Gasteiger partial charge on any atom is 0.155 e. The molecule has 10 aromatic rings. The van der Waals surface area contributed by atoms with Crippen LogP contribution in [0.3, 0.4) is 0 Å². The standard InChI is InChI=1S/C64H42N2O2/c1-63(2)48-19-7-6-18-47(48)61-52(63)23-13-25-55(61)65(42-34-35-46-45-17-5-10-22-51(45)64(53(46)38-42)49-20-8-3-15-43(49)44-16-4-9-21-50(44)64)41-32-29-39(30-33-41)40-31-36-58-56(37-40)66-54-24-11-12-26-57(54)67-59-27-14-28-60(68-58)62(59)66/h3-38H,1-2H3. The van der Waals surface area contributed by atoms with Crippen LogP contribution in [0.2, 0.25) is 0 Å². The second-order valence-electron chi connectivity index (χ2n) is 19.2. The lowest BCUT2D eigenvalue weighted by atomic mass is 9.70. The summed E-state index contributed by atoms with van der Waals surface area (Å²) in [6.45, 7) is 4.73. The molecule has 0 saturated carbocycles. The molecule has 0 amide bonds. The van der Waals surface area contributed by atoms with Gasteiger partial charge in [0.2, 0.25) is 0 Å². The Labute approximate surface area is 395 Å². The van der Waals surface area contributed by atoms with Crippen LogP contribution < -0.4 is 19.3 Å². The van der Waals surface area contributed by atoms with Gasteiger partial charge >= 0.3 is 0 Å². The highest BCUT2D eigenvalue weighted by atomic mass is 16.5. The van der Waals surface area contributed by atoms with Crippen LogP contribution in [0.15, 0.2) is 218 Å². The summed E-state index contributed by atoms with van der Waals surface area (Å²) in [5.41, 5.74) is 23.6. The minimum absolute atomic E-state index is 0.156. The van der Waals surface area contributed by atoms with Gasteiger partial charge in [-0.25, -0.2) is 0 Å². The van der Waals surface area contributed by atoms with Crippen molar-refractivity contribution in [3.8, 4) is 67.5 Å². The van der Waals surface area contributed by atoms with Crippen molar-refractivity contribution in [2.24, 2.45) is 0 Å². The highest BCUT2D eigenvalue weighted by Crippen LogP contribution is 2.64. The zero-order chi connectivity index (χ0) is 44.9. The Morgan fingerprint density at radius 2 is 0.882 bits per heavy atom. The first kappa shape index (κ1) is 37.6. The summed E-state index contributed by atoms with van der Waals surface area (Å²) in [5.74, 6) is 3.19. The zero-order valence-electron chi connectivity index (χ0n) is 37.5. The summed E-state index contributed by atoms with van der Waals surface area (Å²) in [6.07, 6.45) is 0. The van der Waals surface area contributed by atoms with Gasteiger partial charge in [-0.15, -0.1) is 0 Å².